The van der Waals surface area contributed by atoms with Crippen molar-refractivity contribution in [2.75, 3.05) is 20.3 Å². The molecule has 0 fully saturated rings. The zero-order chi connectivity index (χ0) is 13.5. The SMILES string of the molecule is COCCOc1ccc(-c2cccc(C=O)c2)cc1. The molecular formula is C16H16O3. The lowest BCUT2D eigenvalue weighted by Crippen LogP contribution is -2.03. The lowest BCUT2D eigenvalue weighted by atomic mass is 10.0. The van der Waals surface area contributed by atoms with Crippen LogP contribution in [0.25, 0.3) is 11.1 Å². The van der Waals surface area contributed by atoms with E-state index >= 15 is 0 Å². The summed E-state index contributed by atoms with van der Waals surface area (Å²) < 4.78 is 10.4. The topological polar surface area (TPSA) is 35.5 Å². The summed E-state index contributed by atoms with van der Waals surface area (Å²) in [7, 11) is 1.65. The van der Waals surface area contributed by atoms with Crippen molar-refractivity contribution in [1.82, 2.24) is 0 Å². The maximum atomic E-state index is 10.8. The van der Waals surface area contributed by atoms with Crippen molar-refractivity contribution in [3.8, 4) is 16.9 Å². The minimum Gasteiger partial charge on any atom is -0.491 e. The van der Waals surface area contributed by atoms with Gasteiger partial charge in [-0.05, 0) is 29.3 Å². The van der Waals surface area contributed by atoms with Crippen molar-refractivity contribution in [3.63, 3.8) is 0 Å². The van der Waals surface area contributed by atoms with Gasteiger partial charge in [0.05, 0.1) is 6.61 Å². The Morgan fingerprint density at radius 2 is 1.79 bits per heavy atom. The van der Waals surface area contributed by atoms with Gasteiger partial charge in [0, 0.05) is 12.7 Å². The minimum atomic E-state index is 0.538. The molecule has 0 atom stereocenters. The van der Waals surface area contributed by atoms with Gasteiger partial charge in [0.2, 0.25) is 0 Å². The zero-order valence-electron chi connectivity index (χ0n) is 10.8. The van der Waals surface area contributed by atoms with Crippen LogP contribution in [0, 0.1) is 0 Å². The van der Waals surface area contributed by atoms with Crippen LogP contribution in [0.1, 0.15) is 10.4 Å². The predicted molar refractivity (Wildman–Crippen MR) is 74.6 cm³/mol. The van der Waals surface area contributed by atoms with Crippen molar-refractivity contribution >= 4 is 6.29 Å². The van der Waals surface area contributed by atoms with E-state index in [0.29, 0.717) is 18.8 Å². The molecule has 0 heterocycles. The number of aldehydes is 1. The van der Waals surface area contributed by atoms with E-state index in [2.05, 4.69) is 0 Å². The summed E-state index contributed by atoms with van der Waals surface area (Å²) in [5.41, 5.74) is 2.76. The van der Waals surface area contributed by atoms with E-state index in [-0.39, 0.29) is 0 Å². The monoisotopic (exact) mass is 256 g/mol. The molecule has 2 aromatic rings. The van der Waals surface area contributed by atoms with E-state index < -0.39 is 0 Å². The molecule has 0 aliphatic heterocycles. The Balaban J connectivity index is 2.10. The molecule has 2 aromatic carbocycles. The van der Waals surface area contributed by atoms with Gasteiger partial charge in [-0.2, -0.15) is 0 Å². The Morgan fingerprint density at radius 1 is 1.00 bits per heavy atom. The standard InChI is InChI=1S/C16H16O3/c1-18-9-10-19-16-7-5-14(6-8-16)15-4-2-3-13(11-15)12-17/h2-8,11-12H,9-10H2,1H3. The van der Waals surface area contributed by atoms with Gasteiger partial charge in [0.1, 0.15) is 18.6 Å². The first kappa shape index (κ1) is 13.3. The Morgan fingerprint density at radius 3 is 2.47 bits per heavy atom. The minimum absolute atomic E-state index is 0.538. The highest BCUT2D eigenvalue weighted by atomic mass is 16.5. The van der Waals surface area contributed by atoms with Crippen LogP contribution in [-0.4, -0.2) is 26.6 Å². The second-order valence-electron chi connectivity index (χ2n) is 4.11. The van der Waals surface area contributed by atoms with E-state index in [4.69, 9.17) is 9.47 Å². The average Bonchev–Trinajstić information content (AvgIpc) is 2.48. The number of hydrogen-bond donors (Lipinski definition) is 0. The van der Waals surface area contributed by atoms with Gasteiger partial charge in [0.15, 0.2) is 0 Å². The molecule has 0 aliphatic rings. The molecule has 19 heavy (non-hydrogen) atoms. The molecule has 0 saturated heterocycles. The van der Waals surface area contributed by atoms with E-state index in [9.17, 15) is 4.79 Å². The van der Waals surface area contributed by atoms with Crippen LogP contribution in [-0.2, 0) is 4.74 Å². The van der Waals surface area contributed by atoms with E-state index in [1.165, 1.54) is 0 Å². The highest BCUT2D eigenvalue weighted by molar-refractivity contribution is 5.78. The summed E-state index contributed by atoms with van der Waals surface area (Å²) in [6.07, 6.45) is 0.853. The van der Waals surface area contributed by atoms with E-state index in [1.807, 2.05) is 42.5 Å². The van der Waals surface area contributed by atoms with Gasteiger partial charge in [-0.3, -0.25) is 4.79 Å². The van der Waals surface area contributed by atoms with Crippen molar-refractivity contribution in [2.24, 2.45) is 0 Å². The number of ether oxygens (including phenoxy) is 2. The Labute approximate surface area is 112 Å². The fraction of sp³-hybridized carbons (Fsp3) is 0.188. The highest BCUT2D eigenvalue weighted by Gasteiger charge is 2.00. The molecule has 3 nitrogen and oxygen atoms in total. The molecule has 0 amide bonds. The summed E-state index contributed by atoms with van der Waals surface area (Å²) in [5, 5.41) is 0. The lowest BCUT2D eigenvalue weighted by Gasteiger charge is -2.07. The van der Waals surface area contributed by atoms with Crippen LogP contribution < -0.4 is 4.74 Å². The van der Waals surface area contributed by atoms with Crippen LogP contribution in [0.15, 0.2) is 48.5 Å². The largest absolute Gasteiger partial charge is 0.491 e. The highest BCUT2D eigenvalue weighted by Crippen LogP contribution is 2.22. The van der Waals surface area contributed by atoms with Gasteiger partial charge >= 0.3 is 0 Å². The quantitative estimate of drug-likeness (QED) is 0.588. The number of benzene rings is 2. The summed E-state index contributed by atoms with van der Waals surface area (Å²) >= 11 is 0. The molecule has 98 valence electrons. The number of carbonyl (C=O) groups is 1. The van der Waals surface area contributed by atoms with Crippen LogP contribution in [0.3, 0.4) is 0 Å². The third-order valence-electron chi connectivity index (χ3n) is 2.77. The first-order chi connectivity index (χ1) is 9.33. The molecule has 0 spiro atoms. The summed E-state index contributed by atoms with van der Waals surface area (Å²) in [5.74, 6) is 0.812. The van der Waals surface area contributed by atoms with Gasteiger partial charge in [-0.15, -0.1) is 0 Å². The Bertz CT molecular complexity index is 532. The molecule has 0 saturated carbocycles. The first-order valence-electron chi connectivity index (χ1n) is 6.11. The van der Waals surface area contributed by atoms with Gasteiger partial charge < -0.3 is 9.47 Å². The third-order valence-corrected chi connectivity index (χ3v) is 2.77. The molecule has 0 N–H and O–H groups in total. The fourth-order valence-electron chi connectivity index (χ4n) is 1.78. The van der Waals surface area contributed by atoms with E-state index in [0.717, 1.165) is 23.2 Å². The van der Waals surface area contributed by atoms with Crippen LogP contribution in [0.5, 0.6) is 5.75 Å². The second kappa shape index (κ2) is 6.71. The number of hydrogen-bond acceptors (Lipinski definition) is 3. The molecule has 0 aliphatic carbocycles. The number of methoxy groups -OCH3 is 1. The zero-order valence-corrected chi connectivity index (χ0v) is 10.8. The average molecular weight is 256 g/mol. The Hall–Kier alpha value is -2.13. The van der Waals surface area contributed by atoms with Crippen LogP contribution in [0.4, 0.5) is 0 Å². The van der Waals surface area contributed by atoms with Crippen molar-refractivity contribution in [3.05, 3.63) is 54.1 Å². The third kappa shape index (κ3) is 3.66. The van der Waals surface area contributed by atoms with Gasteiger partial charge in [0.25, 0.3) is 0 Å². The van der Waals surface area contributed by atoms with Crippen molar-refractivity contribution < 1.29 is 14.3 Å². The van der Waals surface area contributed by atoms with Crippen molar-refractivity contribution in [1.29, 1.82) is 0 Å². The molecular weight excluding hydrogens is 240 g/mol. The molecule has 0 aromatic heterocycles. The fourth-order valence-corrected chi connectivity index (χ4v) is 1.78. The lowest BCUT2D eigenvalue weighted by molar-refractivity contribution is 0.112. The maximum absolute atomic E-state index is 10.8. The maximum Gasteiger partial charge on any atom is 0.150 e. The summed E-state index contributed by atoms with van der Waals surface area (Å²) in [4.78, 5) is 10.8. The molecule has 3 heteroatoms. The molecule has 0 unspecified atom stereocenters. The van der Waals surface area contributed by atoms with Crippen LogP contribution in [0.2, 0.25) is 0 Å². The first-order valence-corrected chi connectivity index (χ1v) is 6.11. The smallest absolute Gasteiger partial charge is 0.150 e. The molecule has 2 rings (SSSR count). The van der Waals surface area contributed by atoms with Gasteiger partial charge in [-0.1, -0.05) is 30.3 Å². The normalized spacial score (nSPS) is 10.2. The Kier molecular flexibility index (Phi) is 4.70. The molecule has 0 bridgehead atoms. The van der Waals surface area contributed by atoms with Crippen molar-refractivity contribution in [2.45, 2.75) is 0 Å². The van der Waals surface area contributed by atoms with Gasteiger partial charge in [-0.25, -0.2) is 0 Å². The van der Waals surface area contributed by atoms with E-state index in [1.54, 1.807) is 13.2 Å². The van der Waals surface area contributed by atoms with Crippen LogP contribution >= 0.6 is 0 Å². The predicted octanol–water partition coefficient (Wildman–Crippen LogP) is 3.19. The molecule has 0 radical (unpaired) electrons. The summed E-state index contributed by atoms with van der Waals surface area (Å²) in [6.45, 7) is 1.11. The number of carbonyl (C=O) groups excluding carboxylic acids is 1. The summed E-state index contributed by atoms with van der Waals surface area (Å²) in [6, 6.07) is 15.3. The second-order valence-corrected chi connectivity index (χ2v) is 4.11. The number of rotatable bonds is 6.